The molecular formula is C27H26ClN5O2S2. The quantitative estimate of drug-likeness (QED) is 0.300. The molecule has 37 heavy (non-hydrogen) atoms. The maximum atomic E-state index is 11.7. The Kier molecular flexibility index (Phi) is 6.70. The van der Waals surface area contributed by atoms with Crippen LogP contribution in [0.15, 0.2) is 79.0 Å². The van der Waals surface area contributed by atoms with Gasteiger partial charge in [-0.3, -0.25) is 9.71 Å². The molecule has 0 bridgehead atoms. The molecule has 2 aromatic carbocycles. The highest BCUT2D eigenvalue weighted by atomic mass is 35.5. The maximum absolute atomic E-state index is 11.7. The minimum absolute atomic E-state index is 0.206. The second kappa shape index (κ2) is 9.81. The lowest BCUT2D eigenvalue weighted by molar-refractivity contribution is 0.565. The zero-order chi connectivity index (χ0) is 26.3. The van der Waals surface area contributed by atoms with Gasteiger partial charge in [0.15, 0.2) is 5.11 Å². The van der Waals surface area contributed by atoms with Crippen molar-refractivity contribution in [2.75, 3.05) is 15.9 Å². The highest BCUT2D eigenvalue weighted by Crippen LogP contribution is 2.44. The van der Waals surface area contributed by atoms with Gasteiger partial charge >= 0.3 is 0 Å². The van der Waals surface area contributed by atoms with Crippen LogP contribution in [-0.2, 0) is 10.0 Å². The van der Waals surface area contributed by atoms with Crippen molar-refractivity contribution in [3.63, 3.8) is 0 Å². The van der Waals surface area contributed by atoms with Crippen LogP contribution in [0.2, 0.25) is 5.02 Å². The van der Waals surface area contributed by atoms with E-state index in [4.69, 9.17) is 23.8 Å². The number of thiocarbonyl (C=S) groups is 1. The number of para-hydroxylation sites is 1. The first kappa shape index (κ1) is 25.3. The lowest BCUT2D eigenvalue weighted by atomic mass is 9.96. The summed E-state index contributed by atoms with van der Waals surface area (Å²) in [7, 11) is -3.38. The Morgan fingerprint density at radius 2 is 1.73 bits per heavy atom. The Morgan fingerprint density at radius 1 is 1.03 bits per heavy atom. The van der Waals surface area contributed by atoms with E-state index < -0.39 is 10.0 Å². The van der Waals surface area contributed by atoms with Gasteiger partial charge in [-0.25, -0.2) is 8.42 Å². The summed E-state index contributed by atoms with van der Waals surface area (Å²) in [6.07, 6.45) is 2.90. The molecule has 1 aliphatic heterocycles. The van der Waals surface area contributed by atoms with Crippen LogP contribution in [0.25, 0.3) is 5.69 Å². The van der Waals surface area contributed by atoms with Crippen molar-refractivity contribution in [2.45, 2.75) is 25.9 Å². The number of nitrogens with zero attached hydrogens (tertiary/aromatic N) is 3. The van der Waals surface area contributed by atoms with Crippen molar-refractivity contribution in [2.24, 2.45) is 0 Å². The fourth-order valence-electron chi connectivity index (χ4n) is 4.94. The van der Waals surface area contributed by atoms with Gasteiger partial charge in [0.05, 0.1) is 34.7 Å². The summed E-state index contributed by atoms with van der Waals surface area (Å²) in [5, 5.41) is 4.71. The second-order valence-electron chi connectivity index (χ2n) is 9.03. The lowest BCUT2D eigenvalue weighted by Gasteiger charge is -2.28. The molecule has 2 N–H and O–H groups in total. The van der Waals surface area contributed by atoms with Gasteiger partial charge in [0.1, 0.15) is 0 Å². The Balaban J connectivity index is 1.64. The number of anilines is 2. The number of aromatic nitrogens is 2. The summed E-state index contributed by atoms with van der Waals surface area (Å²) >= 11 is 12.4. The molecule has 4 aromatic rings. The summed E-state index contributed by atoms with van der Waals surface area (Å²) in [5.74, 6) is 0. The van der Waals surface area contributed by atoms with Gasteiger partial charge in [0.25, 0.3) is 0 Å². The molecule has 5 rings (SSSR count). The average molecular weight is 552 g/mol. The highest BCUT2D eigenvalue weighted by molar-refractivity contribution is 7.92. The predicted molar refractivity (Wildman–Crippen MR) is 153 cm³/mol. The number of hydrogen-bond acceptors (Lipinski definition) is 4. The van der Waals surface area contributed by atoms with Crippen LogP contribution < -0.4 is 14.9 Å². The van der Waals surface area contributed by atoms with Crippen LogP contribution in [0.3, 0.4) is 0 Å². The summed E-state index contributed by atoms with van der Waals surface area (Å²) in [6, 6.07) is 22.6. The van der Waals surface area contributed by atoms with Crippen molar-refractivity contribution >= 4 is 50.3 Å². The van der Waals surface area contributed by atoms with Crippen LogP contribution in [0, 0.1) is 13.8 Å². The molecule has 0 aliphatic carbocycles. The molecular weight excluding hydrogens is 526 g/mol. The van der Waals surface area contributed by atoms with Crippen LogP contribution in [0.5, 0.6) is 0 Å². The molecule has 190 valence electrons. The fraction of sp³-hybridized carbons (Fsp3) is 0.185. The molecule has 1 aliphatic rings. The van der Waals surface area contributed by atoms with E-state index in [1.165, 1.54) is 0 Å². The van der Waals surface area contributed by atoms with Crippen molar-refractivity contribution in [1.82, 2.24) is 14.9 Å². The van der Waals surface area contributed by atoms with Gasteiger partial charge in [-0.2, -0.15) is 0 Å². The molecule has 7 nitrogen and oxygen atoms in total. The molecule has 2 unspecified atom stereocenters. The van der Waals surface area contributed by atoms with Gasteiger partial charge in [0, 0.05) is 29.0 Å². The third kappa shape index (κ3) is 4.94. The largest absolute Gasteiger partial charge is 0.351 e. The molecule has 2 atom stereocenters. The van der Waals surface area contributed by atoms with Gasteiger partial charge in [-0.05, 0) is 86.2 Å². The average Bonchev–Trinajstić information content (AvgIpc) is 3.35. The van der Waals surface area contributed by atoms with Crippen LogP contribution in [-0.4, -0.2) is 29.3 Å². The highest BCUT2D eigenvalue weighted by Gasteiger charge is 2.42. The maximum Gasteiger partial charge on any atom is 0.229 e. The molecule has 0 amide bonds. The van der Waals surface area contributed by atoms with Gasteiger partial charge < -0.3 is 14.8 Å². The number of halogens is 1. The smallest absolute Gasteiger partial charge is 0.229 e. The number of sulfonamides is 1. The third-order valence-corrected chi connectivity index (χ3v) is 7.67. The number of nitrogens with one attached hydrogen (secondary N) is 2. The molecule has 3 heterocycles. The SMILES string of the molecule is Cc1cc(C2C(c3ccccn3)NC(=S)N2c2ccc(NS(C)(=O)=O)cc2)c(C)n1-c1ccccc1Cl. The van der Waals surface area contributed by atoms with Gasteiger partial charge in [-0.1, -0.05) is 29.8 Å². The van der Waals surface area contributed by atoms with Gasteiger partial charge in [0.2, 0.25) is 10.0 Å². The predicted octanol–water partition coefficient (Wildman–Crippen LogP) is 5.69. The normalized spacial score (nSPS) is 17.6. The zero-order valence-corrected chi connectivity index (χ0v) is 22.9. The Morgan fingerprint density at radius 3 is 2.38 bits per heavy atom. The number of rotatable bonds is 6. The van der Waals surface area contributed by atoms with E-state index in [1.54, 1.807) is 18.3 Å². The summed E-state index contributed by atoms with van der Waals surface area (Å²) in [5.41, 5.74) is 6.28. The van der Waals surface area contributed by atoms with Crippen LogP contribution in [0.4, 0.5) is 11.4 Å². The summed E-state index contributed by atoms with van der Waals surface area (Å²) in [4.78, 5) is 6.70. The zero-order valence-electron chi connectivity index (χ0n) is 20.5. The molecule has 1 saturated heterocycles. The molecule has 0 saturated carbocycles. The van der Waals surface area contributed by atoms with E-state index >= 15 is 0 Å². The van der Waals surface area contributed by atoms with E-state index in [0.717, 1.165) is 40.3 Å². The standard InChI is InChI=1S/C27H26ClN5O2S2/c1-17-16-21(18(2)32(17)24-10-5-4-8-22(24)28)26-25(23-9-6-7-15-29-23)30-27(36)33(26)20-13-11-19(12-14-20)31-37(3,34)35/h4-16,25-26,31H,1-3H3,(H,30,36). The second-order valence-corrected chi connectivity index (χ2v) is 11.6. The molecule has 1 fully saturated rings. The Hall–Kier alpha value is -3.40. The van der Waals surface area contributed by atoms with E-state index in [9.17, 15) is 8.42 Å². The van der Waals surface area contributed by atoms with Crippen molar-refractivity contribution in [3.8, 4) is 5.69 Å². The fourth-order valence-corrected chi connectivity index (χ4v) is 6.07. The monoisotopic (exact) mass is 551 g/mol. The molecule has 0 radical (unpaired) electrons. The van der Waals surface area contributed by atoms with Crippen LogP contribution in [0.1, 0.15) is 34.7 Å². The van der Waals surface area contributed by atoms with Crippen molar-refractivity contribution in [1.29, 1.82) is 0 Å². The van der Waals surface area contributed by atoms with E-state index in [0.29, 0.717) is 15.8 Å². The van der Waals surface area contributed by atoms with Crippen molar-refractivity contribution in [3.05, 3.63) is 107 Å². The molecule has 10 heteroatoms. The van der Waals surface area contributed by atoms with E-state index in [-0.39, 0.29) is 12.1 Å². The van der Waals surface area contributed by atoms with E-state index in [1.807, 2.05) is 54.6 Å². The lowest BCUT2D eigenvalue weighted by Crippen LogP contribution is -2.29. The number of aryl methyl sites for hydroxylation is 1. The summed E-state index contributed by atoms with van der Waals surface area (Å²) in [6.45, 7) is 4.14. The Labute approximate surface area is 227 Å². The Bertz CT molecular complexity index is 1570. The topological polar surface area (TPSA) is 79.3 Å². The first-order valence-electron chi connectivity index (χ1n) is 11.7. The molecule has 2 aromatic heterocycles. The number of benzene rings is 2. The minimum Gasteiger partial charge on any atom is -0.351 e. The number of pyridine rings is 1. The number of hydrogen-bond donors (Lipinski definition) is 2. The van der Waals surface area contributed by atoms with Crippen molar-refractivity contribution < 1.29 is 8.42 Å². The first-order chi connectivity index (χ1) is 17.6. The third-order valence-electron chi connectivity index (χ3n) is 6.43. The van der Waals surface area contributed by atoms with E-state index in [2.05, 4.69) is 44.4 Å². The molecule has 0 spiro atoms. The van der Waals surface area contributed by atoms with Gasteiger partial charge in [-0.15, -0.1) is 0 Å². The van der Waals surface area contributed by atoms with Crippen LogP contribution >= 0.6 is 23.8 Å². The first-order valence-corrected chi connectivity index (χ1v) is 14.3. The summed E-state index contributed by atoms with van der Waals surface area (Å²) < 4.78 is 28.0. The minimum atomic E-state index is -3.38.